The van der Waals surface area contributed by atoms with Crippen molar-refractivity contribution < 1.29 is 23.4 Å². The molecule has 1 N–H and O–H groups in total. The highest BCUT2D eigenvalue weighted by Gasteiger charge is 2.18. The highest BCUT2D eigenvalue weighted by molar-refractivity contribution is 6.32. The van der Waals surface area contributed by atoms with E-state index in [2.05, 4.69) is 0 Å². The topological polar surface area (TPSA) is 51.5 Å². The number of hydrogen-bond donors (Lipinski definition) is 1. The number of aromatic nitrogens is 1. The first kappa shape index (κ1) is 22.6. The molecule has 1 heterocycles. The number of halogens is 3. The average Bonchev–Trinajstić information content (AvgIpc) is 3.15. The lowest BCUT2D eigenvalue weighted by Gasteiger charge is -2.17. The Hall–Kier alpha value is -3.64. The predicted molar refractivity (Wildman–Crippen MR) is 123 cm³/mol. The van der Waals surface area contributed by atoms with Crippen LogP contribution in [0.15, 0.2) is 66.7 Å². The fraction of sp³-hybridized carbons (Fsp3) is 0.115. The summed E-state index contributed by atoms with van der Waals surface area (Å²) < 4.78 is 35.1. The molecule has 0 saturated heterocycles. The third-order valence-corrected chi connectivity index (χ3v) is 5.71. The van der Waals surface area contributed by atoms with Crippen LogP contribution in [0.1, 0.15) is 27.2 Å². The van der Waals surface area contributed by atoms with Crippen LogP contribution >= 0.6 is 11.6 Å². The second-order valence-electron chi connectivity index (χ2n) is 7.64. The third-order valence-electron chi connectivity index (χ3n) is 5.42. The van der Waals surface area contributed by atoms with Gasteiger partial charge in [0.25, 0.3) is 0 Å². The van der Waals surface area contributed by atoms with Crippen LogP contribution in [0, 0.1) is 25.5 Å². The van der Waals surface area contributed by atoms with E-state index in [4.69, 9.17) is 16.3 Å². The number of aryl methyl sites for hydroxylation is 2. The zero-order valence-corrected chi connectivity index (χ0v) is 18.7. The Labute approximate surface area is 194 Å². The maximum Gasteiger partial charge on any atom is 0.336 e. The molecule has 0 atom stereocenters. The number of nitrogens with zero attached hydrogens (tertiary/aromatic N) is 1. The molecular formula is C26H20ClF2NO3. The van der Waals surface area contributed by atoms with E-state index in [-0.39, 0.29) is 17.7 Å². The summed E-state index contributed by atoms with van der Waals surface area (Å²) in [6.07, 6.45) is 0. The number of carboxylic acid groups (broad SMARTS) is 1. The Bertz CT molecular complexity index is 1360. The van der Waals surface area contributed by atoms with Gasteiger partial charge >= 0.3 is 5.97 Å². The molecule has 0 saturated carbocycles. The summed E-state index contributed by atoms with van der Waals surface area (Å²) in [6, 6.07) is 17.6. The van der Waals surface area contributed by atoms with Gasteiger partial charge in [-0.3, -0.25) is 0 Å². The number of rotatable bonds is 6. The zero-order chi connectivity index (χ0) is 23.7. The highest BCUT2D eigenvalue weighted by Crippen LogP contribution is 2.39. The number of hydrogen-bond acceptors (Lipinski definition) is 2. The van der Waals surface area contributed by atoms with Gasteiger partial charge in [-0.1, -0.05) is 23.7 Å². The molecule has 0 bridgehead atoms. The van der Waals surface area contributed by atoms with Crippen LogP contribution in [-0.4, -0.2) is 15.6 Å². The standard InChI is InChI=1S/C26H20ClF2NO3/c1-15-6-10-19(13-21(15)26(31)32)30-16(2)7-11-24(30)20-4-3-5-22(27)25(20)33-14-17-8-9-18(28)12-23(17)29/h3-13H,14H2,1-2H3,(H,31,32). The van der Waals surface area contributed by atoms with Gasteiger partial charge in [-0.15, -0.1) is 0 Å². The summed E-state index contributed by atoms with van der Waals surface area (Å²) in [5, 5.41) is 9.87. The summed E-state index contributed by atoms with van der Waals surface area (Å²) >= 11 is 6.44. The summed E-state index contributed by atoms with van der Waals surface area (Å²) in [5.41, 5.74) is 3.98. The minimum atomic E-state index is -1.01. The quantitative estimate of drug-likeness (QED) is 0.333. The zero-order valence-electron chi connectivity index (χ0n) is 17.9. The van der Waals surface area contributed by atoms with Gasteiger partial charge in [-0.25, -0.2) is 13.6 Å². The molecule has 0 aliphatic rings. The van der Waals surface area contributed by atoms with Gasteiger partial charge in [0, 0.05) is 28.6 Å². The van der Waals surface area contributed by atoms with Gasteiger partial charge in [0.05, 0.1) is 16.3 Å². The molecule has 4 nitrogen and oxygen atoms in total. The molecule has 0 unspecified atom stereocenters. The number of carbonyl (C=O) groups is 1. The van der Waals surface area contributed by atoms with E-state index in [0.717, 1.165) is 17.5 Å². The highest BCUT2D eigenvalue weighted by atomic mass is 35.5. The van der Waals surface area contributed by atoms with Crippen molar-refractivity contribution in [1.29, 1.82) is 0 Å². The van der Waals surface area contributed by atoms with E-state index >= 15 is 0 Å². The predicted octanol–water partition coefficient (Wildman–Crippen LogP) is 6.97. The van der Waals surface area contributed by atoms with Gasteiger partial charge in [0.2, 0.25) is 0 Å². The Morgan fingerprint density at radius 3 is 2.55 bits per heavy atom. The largest absolute Gasteiger partial charge is 0.487 e. The van der Waals surface area contributed by atoms with Crippen LogP contribution in [0.5, 0.6) is 5.75 Å². The van der Waals surface area contributed by atoms with Gasteiger partial charge in [-0.2, -0.15) is 0 Å². The smallest absolute Gasteiger partial charge is 0.336 e. The number of aromatic carboxylic acids is 1. The van der Waals surface area contributed by atoms with Crippen molar-refractivity contribution in [3.8, 4) is 22.7 Å². The van der Waals surface area contributed by atoms with Crippen molar-refractivity contribution in [3.63, 3.8) is 0 Å². The summed E-state index contributed by atoms with van der Waals surface area (Å²) in [6.45, 7) is 3.51. The number of benzene rings is 3. The maximum absolute atomic E-state index is 14.1. The summed E-state index contributed by atoms with van der Waals surface area (Å²) in [4.78, 5) is 11.6. The van der Waals surface area contributed by atoms with Gasteiger partial charge in [0.1, 0.15) is 24.0 Å². The molecule has 0 spiro atoms. The molecule has 0 radical (unpaired) electrons. The Morgan fingerprint density at radius 1 is 1.03 bits per heavy atom. The Morgan fingerprint density at radius 2 is 1.82 bits per heavy atom. The lowest BCUT2D eigenvalue weighted by molar-refractivity contribution is 0.0696. The van der Waals surface area contributed by atoms with E-state index in [1.54, 1.807) is 31.2 Å². The van der Waals surface area contributed by atoms with Crippen LogP contribution in [0.4, 0.5) is 8.78 Å². The molecule has 4 aromatic rings. The van der Waals surface area contributed by atoms with Crippen molar-refractivity contribution >= 4 is 17.6 Å². The van der Waals surface area contributed by atoms with E-state index < -0.39 is 17.6 Å². The summed E-state index contributed by atoms with van der Waals surface area (Å²) in [5.74, 6) is -2.04. The van der Waals surface area contributed by atoms with Gasteiger partial charge < -0.3 is 14.4 Å². The van der Waals surface area contributed by atoms with Crippen molar-refractivity contribution in [2.24, 2.45) is 0 Å². The second kappa shape index (κ2) is 9.08. The van der Waals surface area contributed by atoms with Gasteiger partial charge in [0.15, 0.2) is 0 Å². The molecule has 0 fully saturated rings. The lowest BCUT2D eigenvalue weighted by atomic mass is 10.1. The maximum atomic E-state index is 14.1. The Kier molecular flexibility index (Phi) is 6.20. The van der Waals surface area contributed by atoms with Crippen molar-refractivity contribution in [2.45, 2.75) is 20.5 Å². The van der Waals surface area contributed by atoms with E-state index in [1.165, 1.54) is 12.1 Å². The Balaban J connectivity index is 1.78. The van der Waals surface area contributed by atoms with Crippen LogP contribution < -0.4 is 4.74 Å². The fourth-order valence-electron chi connectivity index (χ4n) is 3.72. The molecule has 168 valence electrons. The average molecular weight is 468 g/mol. The first-order valence-electron chi connectivity index (χ1n) is 10.1. The molecule has 33 heavy (non-hydrogen) atoms. The number of ether oxygens (including phenoxy) is 1. The minimum Gasteiger partial charge on any atom is -0.487 e. The van der Waals surface area contributed by atoms with Crippen molar-refractivity contribution in [2.75, 3.05) is 0 Å². The first-order valence-corrected chi connectivity index (χ1v) is 10.5. The second-order valence-corrected chi connectivity index (χ2v) is 8.05. The normalized spacial score (nSPS) is 10.9. The molecular weight excluding hydrogens is 448 g/mol. The van der Waals surface area contributed by atoms with Crippen LogP contribution in [0.3, 0.4) is 0 Å². The molecule has 1 aromatic heterocycles. The van der Waals surface area contributed by atoms with Crippen molar-refractivity contribution in [3.05, 3.63) is 106 Å². The van der Waals surface area contributed by atoms with E-state index in [1.807, 2.05) is 35.8 Å². The van der Waals surface area contributed by atoms with E-state index in [9.17, 15) is 18.7 Å². The van der Waals surface area contributed by atoms with E-state index in [0.29, 0.717) is 27.6 Å². The third kappa shape index (κ3) is 4.47. The van der Waals surface area contributed by atoms with Crippen LogP contribution in [-0.2, 0) is 6.61 Å². The van der Waals surface area contributed by atoms with Crippen LogP contribution in [0.25, 0.3) is 16.9 Å². The number of carboxylic acids is 1. The SMILES string of the molecule is Cc1ccc(-n2c(C)ccc2-c2cccc(Cl)c2OCc2ccc(F)cc2F)cc1C(=O)O. The van der Waals surface area contributed by atoms with Gasteiger partial charge in [-0.05, 0) is 67.9 Å². The number of para-hydroxylation sites is 1. The fourth-order valence-corrected chi connectivity index (χ4v) is 3.95. The molecule has 7 heteroatoms. The monoisotopic (exact) mass is 467 g/mol. The van der Waals surface area contributed by atoms with Crippen LogP contribution in [0.2, 0.25) is 5.02 Å². The first-order chi connectivity index (χ1) is 15.8. The molecule has 4 rings (SSSR count). The van der Waals surface area contributed by atoms with Crippen molar-refractivity contribution in [1.82, 2.24) is 4.57 Å². The summed E-state index contributed by atoms with van der Waals surface area (Å²) in [7, 11) is 0. The molecule has 0 aliphatic heterocycles. The minimum absolute atomic E-state index is 0.143. The molecule has 0 amide bonds. The lowest BCUT2D eigenvalue weighted by Crippen LogP contribution is -2.06. The molecule has 0 aliphatic carbocycles. The molecule has 3 aromatic carbocycles.